The molecule has 3 aromatic rings. The van der Waals surface area contributed by atoms with Gasteiger partial charge in [-0.15, -0.1) is 0 Å². The lowest BCUT2D eigenvalue weighted by Crippen LogP contribution is -2.14. The van der Waals surface area contributed by atoms with Gasteiger partial charge in [-0.1, -0.05) is 54.6 Å². The van der Waals surface area contributed by atoms with Crippen LogP contribution in [0.2, 0.25) is 0 Å². The number of halogens is 1. The van der Waals surface area contributed by atoms with E-state index in [2.05, 4.69) is 29.2 Å². The highest BCUT2D eigenvalue weighted by atomic mass is 19.1. The molecule has 3 heteroatoms. The number of rotatable bonds is 4. The molecule has 0 fully saturated rings. The molecule has 2 nitrogen and oxygen atoms in total. The molecule has 0 N–H and O–H groups in total. The van der Waals surface area contributed by atoms with Gasteiger partial charge in [0.25, 0.3) is 0 Å². The average Bonchev–Trinajstić information content (AvgIpc) is 3.12. The van der Waals surface area contributed by atoms with Crippen molar-refractivity contribution in [2.45, 2.75) is 13.1 Å². The van der Waals surface area contributed by atoms with Gasteiger partial charge in [0.05, 0.1) is 0 Å². The van der Waals surface area contributed by atoms with E-state index in [1.165, 1.54) is 29.3 Å². The third-order valence-corrected chi connectivity index (χ3v) is 4.63. The number of fused-ring (bicyclic) bond motifs is 1. The van der Waals surface area contributed by atoms with Gasteiger partial charge in [0.1, 0.15) is 5.82 Å². The van der Waals surface area contributed by atoms with Crippen LogP contribution in [0.1, 0.15) is 27.0 Å². The number of anilines is 1. The number of hydrogen-bond donors (Lipinski definition) is 0. The van der Waals surface area contributed by atoms with Gasteiger partial charge in [-0.25, -0.2) is 4.39 Å². The molecule has 0 aromatic heterocycles. The molecule has 1 heterocycles. The predicted molar refractivity (Wildman–Crippen MR) is 103 cm³/mol. The Balaban J connectivity index is 1.51. The summed E-state index contributed by atoms with van der Waals surface area (Å²) in [6, 6.07) is 22.2. The van der Waals surface area contributed by atoms with E-state index in [-0.39, 0.29) is 11.6 Å². The SMILES string of the molecule is O=C(/C=C/c1ccc(F)cc1)c1cccc(N2Cc3ccccc3C2)c1. The minimum absolute atomic E-state index is 0.0621. The molecule has 0 radical (unpaired) electrons. The van der Waals surface area contributed by atoms with Crippen molar-refractivity contribution < 1.29 is 9.18 Å². The van der Waals surface area contributed by atoms with Crippen molar-refractivity contribution in [3.63, 3.8) is 0 Å². The first-order chi connectivity index (χ1) is 12.7. The largest absolute Gasteiger partial charge is 0.363 e. The summed E-state index contributed by atoms with van der Waals surface area (Å²) in [5, 5.41) is 0. The number of allylic oxidation sites excluding steroid dienone is 1. The van der Waals surface area contributed by atoms with Crippen LogP contribution < -0.4 is 4.90 Å². The molecule has 0 atom stereocenters. The van der Waals surface area contributed by atoms with Crippen LogP contribution in [0.25, 0.3) is 6.08 Å². The van der Waals surface area contributed by atoms with E-state index in [1.807, 2.05) is 24.3 Å². The van der Waals surface area contributed by atoms with Crippen LogP contribution in [0, 0.1) is 5.82 Å². The molecule has 1 aliphatic heterocycles. The summed E-state index contributed by atoms with van der Waals surface area (Å²) in [6.45, 7) is 1.72. The van der Waals surface area contributed by atoms with Crippen LogP contribution in [-0.4, -0.2) is 5.78 Å². The summed E-state index contributed by atoms with van der Waals surface area (Å²) in [5.41, 5.74) is 5.16. The second-order valence-electron chi connectivity index (χ2n) is 6.42. The highest BCUT2D eigenvalue weighted by molar-refractivity contribution is 6.07. The Morgan fingerprint density at radius 2 is 1.58 bits per heavy atom. The Bertz CT molecular complexity index is 951. The quantitative estimate of drug-likeness (QED) is 0.477. The van der Waals surface area contributed by atoms with Crippen molar-refractivity contribution >= 4 is 17.5 Å². The lowest BCUT2D eigenvalue weighted by Gasteiger charge is -2.18. The first-order valence-electron chi connectivity index (χ1n) is 8.59. The number of carbonyl (C=O) groups excluding carboxylic acids is 1. The zero-order chi connectivity index (χ0) is 17.9. The van der Waals surface area contributed by atoms with E-state index >= 15 is 0 Å². The monoisotopic (exact) mass is 343 g/mol. The highest BCUT2D eigenvalue weighted by Gasteiger charge is 2.19. The molecule has 0 spiro atoms. The van der Waals surface area contributed by atoms with Crippen LogP contribution in [0.5, 0.6) is 0 Å². The lowest BCUT2D eigenvalue weighted by molar-refractivity contribution is 0.104. The summed E-state index contributed by atoms with van der Waals surface area (Å²) in [5.74, 6) is -0.347. The molecule has 0 bridgehead atoms. The van der Waals surface area contributed by atoms with Gasteiger partial charge in [0.15, 0.2) is 5.78 Å². The van der Waals surface area contributed by atoms with Crippen molar-refractivity contribution in [2.75, 3.05) is 4.90 Å². The Morgan fingerprint density at radius 1 is 0.885 bits per heavy atom. The van der Waals surface area contributed by atoms with Gasteiger partial charge in [0.2, 0.25) is 0 Å². The number of hydrogen-bond acceptors (Lipinski definition) is 2. The maximum Gasteiger partial charge on any atom is 0.185 e. The van der Waals surface area contributed by atoms with Crippen molar-refractivity contribution in [1.82, 2.24) is 0 Å². The predicted octanol–water partition coefficient (Wildman–Crippen LogP) is 5.24. The fraction of sp³-hybridized carbons (Fsp3) is 0.0870. The fourth-order valence-electron chi connectivity index (χ4n) is 3.21. The van der Waals surface area contributed by atoms with Gasteiger partial charge in [0, 0.05) is 24.3 Å². The molecular weight excluding hydrogens is 325 g/mol. The molecule has 0 amide bonds. The van der Waals surface area contributed by atoms with E-state index in [4.69, 9.17) is 0 Å². The molecular formula is C23H18FNO. The molecule has 0 saturated heterocycles. The zero-order valence-electron chi connectivity index (χ0n) is 14.2. The number of ketones is 1. The van der Waals surface area contributed by atoms with Crippen LogP contribution >= 0.6 is 0 Å². The third-order valence-electron chi connectivity index (χ3n) is 4.63. The molecule has 128 valence electrons. The average molecular weight is 343 g/mol. The smallest absolute Gasteiger partial charge is 0.185 e. The van der Waals surface area contributed by atoms with E-state index in [0.29, 0.717) is 5.56 Å². The number of benzene rings is 3. The van der Waals surface area contributed by atoms with Gasteiger partial charge < -0.3 is 4.90 Å². The van der Waals surface area contributed by atoms with E-state index in [9.17, 15) is 9.18 Å². The standard InChI is InChI=1S/C23H18FNO/c24-21-11-8-17(9-12-21)10-13-23(26)18-6-3-7-22(14-18)25-15-19-4-1-2-5-20(19)16-25/h1-14H,15-16H2/b13-10+. The first kappa shape index (κ1) is 16.3. The third kappa shape index (κ3) is 3.42. The van der Waals surface area contributed by atoms with Crippen LogP contribution in [0.3, 0.4) is 0 Å². The second kappa shape index (κ2) is 6.96. The number of carbonyl (C=O) groups is 1. The van der Waals surface area contributed by atoms with Gasteiger partial charge in [-0.3, -0.25) is 4.79 Å². The molecule has 0 aliphatic carbocycles. The Hall–Kier alpha value is -3.20. The van der Waals surface area contributed by atoms with Gasteiger partial charge in [-0.2, -0.15) is 0 Å². The summed E-state index contributed by atoms with van der Waals surface area (Å²) in [4.78, 5) is 14.8. The van der Waals surface area contributed by atoms with Crippen molar-refractivity contribution in [3.05, 3.63) is 107 Å². The summed E-state index contributed by atoms with van der Waals surface area (Å²) < 4.78 is 12.9. The first-order valence-corrected chi connectivity index (χ1v) is 8.59. The van der Waals surface area contributed by atoms with Gasteiger partial charge >= 0.3 is 0 Å². The minimum atomic E-state index is -0.284. The van der Waals surface area contributed by atoms with Crippen LogP contribution in [-0.2, 0) is 13.1 Å². The topological polar surface area (TPSA) is 20.3 Å². The fourth-order valence-corrected chi connectivity index (χ4v) is 3.21. The molecule has 0 unspecified atom stereocenters. The lowest BCUT2D eigenvalue weighted by atomic mass is 10.1. The molecule has 26 heavy (non-hydrogen) atoms. The molecule has 0 saturated carbocycles. The maximum absolute atomic E-state index is 12.9. The highest BCUT2D eigenvalue weighted by Crippen LogP contribution is 2.28. The minimum Gasteiger partial charge on any atom is -0.363 e. The Morgan fingerprint density at radius 3 is 2.27 bits per heavy atom. The Kier molecular flexibility index (Phi) is 4.36. The van der Waals surface area contributed by atoms with Crippen LogP contribution in [0.15, 0.2) is 78.9 Å². The second-order valence-corrected chi connectivity index (χ2v) is 6.42. The van der Waals surface area contributed by atoms with Crippen molar-refractivity contribution in [2.24, 2.45) is 0 Å². The summed E-state index contributed by atoms with van der Waals surface area (Å²) in [6.07, 6.45) is 3.24. The summed E-state index contributed by atoms with van der Waals surface area (Å²) in [7, 11) is 0. The normalized spacial score (nSPS) is 13.2. The Labute approximate surface area is 152 Å². The zero-order valence-corrected chi connectivity index (χ0v) is 14.2. The van der Waals surface area contributed by atoms with Crippen LogP contribution in [0.4, 0.5) is 10.1 Å². The molecule has 3 aromatic carbocycles. The molecule has 4 rings (SSSR count). The maximum atomic E-state index is 12.9. The molecule has 1 aliphatic rings. The summed E-state index contributed by atoms with van der Waals surface area (Å²) >= 11 is 0. The van der Waals surface area contributed by atoms with E-state index in [0.717, 1.165) is 24.3 Å². The van der Waals surface area contributed by atoms with Crippen molar-refractivity contribution in [1.29, 1.82) is 0 Å². The van der Waals surface area contributed by atoms with Crippen molar-refractivity contribution in [3.8, 4) is 0 Å². The number of nitrogens with zero attached hydrogens (tertiary/aromatic N) is 1. The van der Waals surface area contributed by atoms with E-state index < -0.39 is 0 Å². The van der Waals surface area contributed by atoms with Gasteiger partial charge in [-0.05, 0) is 47.0 Å². The van der Waals surface area contributed by atoms with E-state index in [1.54, 1.807) is 18.2 Å².